The first-order valence-electron chi connectivity index (χ1n) is 5.37. The predicted octanol–water partition coefficient (Wildman–Crippen LogP) is -0.385. The molecular weight excluding hydrogens is 264 g/mol. The number of piperidine rings is 1. The van der Waals surface area contributed by atoms with Crippen LogP contribution in [0.5, 0.6) is 0 Å². The molecule has 9 heteroatoms. The number of carbonyl (C=O) groups excluding carboxylic acids is 2. The van der Waals surface area contributed by atoms with E-state index >= 15 is 0 Å². The van der Waals surface area contributed by atoms with Crippen molar-refractivity contribution in [3.8, 4) is 0 Å². The van der Waals surface area contributed by atoms with Crippen LogP contribution in [0.1, 0.15) is 19.3 Å². The minimum absolute atomic E-state index is 0.159. The Hall–Kier alpha value is -1.35. The van der Waals surface area contributed by atoms with Gasteiger partial charge in [0, 0.05) is 6.54 Å². The highest BCUT2D eigenvalue weighted by atomic mass is 32.2. The van der Waals surface area contributed by atoms with Gasteiger partial charge in [-0.25, -0.2) is 9.52 Å². The molecule has 8 nitrogen and oxygen atoms in total. The molecule has 0 radical (unpaired) electrons. The normalized spacial score (nSPS) is 21.1. The zero-order valence-electron chi connectivity index (χ0n) is 10.2. The van der Waals surface area contributed by atoms with Crippen molar-refractivity contribution in [1.82, 2.24) is 9.03 Å². The maximum absolute atomic E-state index is 11.9. The minimum atomic E-state index is -4.09. The zero-order chi connectivity index (χ0) is 13.8. The molecule has 0 aliphatic carbocycles. The monoisotopic (exact) mass is 280 g/mol. The lowest BCUT2D eigenvalue weighted by Crippen LogP contribution is -2.53. The molecule has 1 aliphatic heterocycles. The van der Waals surface area contributed by atoms with Gasteiger partial charge in [0.1, 0.15) is 6.04 Å². The lowest BCUT2D eigenvalue weighted by Gasteiger charge is -2.32. The topological polar surface area (TPSA) is 102 Å². The number of nitrogens with zero attached hydrogens (tertiary/aromatic N) is 1. The molecule has 1 atom stereocenters. The Kier molecular flexibility index (Phi) is 4.91. The Morgan fingerprint density at radius 1 is 1.22 bits per heavy atom. The van der Waals surface area contributed by atoms with Gasteiger partial charge in [0.15, 0.2) is 0 Å². The van der Waals surface area contributed by atoms with Crippen LogP contribution in [-0.4, -0.2) is 51.6 Å². The van der Waals surface area contributed by atoms with Crippen LogP contribution in [0.2, 0.25) is 0 Å². The summed E-state index contributed by atoms with van der Waals surface area (Å²) >= 11 is 0. The van der Waals surface area contributed by atoms with Crippen molar-refractivity contribution >= 4 is 22.3 Å². The molecule has 1 heterocycles. The number of rotatable bonds is 3. The predicted molar refractivity (Wildman–Crippen MR) is 60.8 cm³/mol. The molecule has 0 aromatic carbocycles. The fraction of sp³-hybridized carbons (Fsp3) is 0.778. The molecule has 1 N–H and O–H groups in total. The second kappa shape index (κ2) is 6.01. The summed E-state index contributed by atoms with van der Waals surface area (Å²) in [7, 11) is -1.85. The standard InChI is InChI=1S/C9H16N2O6S/c1-16-8(12)7-5-3-4-6-11(7)18(14,15)10-9(13)17-2/h7H,3-6H2,1-2H3,(H,10,13)/t7-/m1/s1. The molecule has 1 saturated heterocycles. The second-order valence-electron chi connectivity index (χ2n) is 3.74. The summed E-state index contributed by atoms with van der Waals surface area (Å²) in [4.78, 5) is 22.5. The van der Waals surface area contributed by atoms with E-state index in [9.17, 15) is 18.0 Å². The Labute approximate surface area is 105 Å². The average molecular weight is 280 g/mol. The zero-order valence-corrected chi connectivity index (χ0v) is 11.0. The van der Waals surface area contributed by atoms with E-state index in [1.165, 1.54) is 7.11 Å². The van der Waals surface area contributed by atoms with Crippen LogP contribution in [0, 0.1) is 0 Å². The van der Waals surface area contributed by atoms with Crippen molar-refractivity contribution in [1.29, 1.82) is 0 Å². The van der Waals surface area contributed by atoms with Crippen LogP contribution >= 0.6 is 0 Å². The number of amides is 1. The summed E-state index contributed by atoms with van der Waals surface area (Å²) < 4.78 is 35.2. The van der Waals surface area contributed by atoms with Crippen molar-refractivity contribution in [2.24, 2.45) is 0 Å². The number of ether oxygens (including phenoxy) is 2. The van der Waals surface area contributed by atoms with Crippen LogP contribution in [0.4, 0.5) is 4.79 Å². The molecule has 0 unspecified atom stereocenters. The van der Waals surface area contributed by atoms with Gasteiger partial charge in [-0.05, 0) is 19.3 Å². The van der Waals surface area contributed by atoms with E-state index in [2.05, 4.69) is 9.47 Å². The Morgan fingerprint density at radius 3 is 2.44 bits per heavy atom. The average Bonchev–Trinajstić information content (AvgIpc) is 2.37. The number of hydrogen-bond donors (Lipinski definition) is 1. The fourth-order valence-electron chi connectivity index (χ4n) is 1.77. The first-order valence-corrected chi connectivity index (χ1v) is 6.81. The van der Waals surface area contributed by atoms with Gasteiger partial charge in [-0.2, -0.15) is 12.7 Å². The molecule has 18 heavy (non-hydrogen) atoms. The van der Waals surface area contributed by atoms with Gasteiger partial charge in [-0.1, -0.05) is 0 Å². The third kappa shape index (κ3) is 3.33. The van der Waals surface area contributed by atoms with Crippen LogP contribution in [0.15, 0.2) is 0 Å². The number of hydrogen-bond acceptors (Lipinski definition) is 6. The van der Waals surface area contributed by atoms with Crippen molar-refractivity contribution in [3.63, 3.8) is 0 Å². The maximum Gasteiger partial charge on any atom is 0.421 e. The fourth-order valence-corrected chi connectivity index (χ4v) is 3.08. The second-order valence-corrected chi connectivity index (χ2v) is 5.37. The van der Waals surface area contributed by atoms with Gasteiger partial charge in [0.05, 0.1) is 14.2 Å². The quantitative estimate of drug-likeness (QED) is 0.707. The minimum Gasteiger partial charge on any atom is -0.468 e. The molecule has 0 saturated carbocycles. The first kappa shape index (κ1) is 14.7. The van der Waals surface area contributed by atoms with Gasteiger partial charge in [-0.3, -0.25) is 4.79 Å². The third-order valence-corrected chi connectivity index (χ3v) is 4.11. The van der Waals surface area contributed by atoms with Crippen LogP contribution in [0.3, 0.4) is 0 Å². The smallest absolute Gasteiger partial charge is 0.421 e. The van der Waals surface area contributed by atoms with Gasteiger partial charge in [-0.15, -0.1) is 0 Å². The van der Waals surface area contributed by atoms with Crippen molar-refractivity contribution < 1.29 is 27.5 Å². The van der Waals surface area contributed by atoms with E-state index in [-0.39, 0.29) is 6.54 Å². The number of methoxy groups -OCH3 is 2. The molecule has 0 bridgehead atoms. The lowest BCUT2D eigenvalue weighted by molar-refractivity contribution is -0.146. The van der Waals surface area contributed by atoms with Crippen molar-refractivity contribution in [2.45, 2.75) is 25.3 Å². The van der Waals surface area contributed by atoms with Gasteiger partial charge in [0.25, 0.3) is 0 Å². The summed E-state index contributed by atoms with van der Waals surface area (Å²) in [5.74, 6) is -0.634. The molecule has 1 aliphatic rings. The molecule has 0 aromatic rings. The van der Waals surface area contributed by atoms with Gasteiger partial charge in [0.2, 0.25) is 0 Å². The molecule has 104 valence electrons. The van der Waals surface area contributed by atoms with E-state index in [1.807, 2.05) is 0 Å². The van der Waals surface area contributed by atoms with E-state index in [1.54, 1.807) is 4.72 Å². The summed E-state index contributed by atoms with van der Waals surface area (Å²) in [6.07, 6.45) is 0.623. The van der Waals surface area contributed by atoms with E-state index < -0.39 is 28.3 Å². The largest absolute Gasteiger partial charge is 0.468 e. The Balaban J connectivity index is 2.89. The Morgan fingerprint density at radius 2 is 1.89 bits per heavy atom. The van der Waals surface area contributed by atoms with Crippen LogP contribution < -0.4 is 4.72 Å². The molecule has 0 spiro atoms. The van der Waals surface area contributed by atoms with Gasteiger partial charge >= 0.3 is 22.3 Å². The number of carbonyl (C=O) groups is 2. The van der Waals surface area contributed by atoms with E-state index in [4.69, 9.17) is 0 Å². The summed E-state index contributed by atoms with van der Waals surface area (Å²) in [6, 6.07) is -0.897. The van der Waals surface area contributed by atoms with Crippen molar-refractivity contribution in [3.05, 3.63) is 0 Å². The van der Waals surface area contributed by atoms with Crippen LogP contribution in [0.25, 0.3) is 0 Å². The van der Waals surface area contributed by atoms with E-state index in [0.717, 1.165) is 17.8 Å². The third-order valence-electron chi connectivity index (χ3n) is 2.63. The molecule has 1 amide bonds. The Bertz CT molecular complexity index is 421. The summed E-state index contributed by atoms with van der Waals surface area (Å²) in [5, 5.41) is 0. The number of nitrogens with one attached hydrogen (secondary N) is 1. The summed E-state index contributed by atoms with van der Waals surface area (Å²) in [6.45, 7) is 0.159. The SMILES string of the molecule is COC(=O)NS(=O)(=O)N1CCCC[C@@H]1C(=O)OC. The molecule has 1 rings (SSSR count). The molecule has 1 fully saturated rings. The van der Waals surface area contributed by atoms with E-state index in [0.29, 0.717) is 12.8 Å². The highest BCUT2D eigenvalue weighted by molar-refractivity contribution is 7.87. The van der Waals surface area contributed by atoms with Crippen LogP contribution in [-0.2, 0) is 24.5 Å². The molecule has 0 aromatic heterocycles. The lowest BCUT2D eigenvalue weighted by atomic mass is 10.1. The summed E-state index contributed by atoms with van der Waals surface area (Å²) in [5.41, 5.74) is 0. The highest BCUT2D eigenvalue weighted by Gasteiger charge is 2.38. The number of esters is 1. The highest BCUT2D eigenvalue weighted by Crippen LogP contribution is 2.20. The first-order chi connectivity index (χ1) is 8.42. The maximum atomic E-state index is 11.9. The van der Waals surface area contributed by atoms with Crippen molar-refractivity contribution in [2.75, 3.05) is 20.8 Å². The van der Waals surface area contributed by atoms with Gasteiger partial charge < -0.3 is 9.47 Å². The molecular formula is C9H16N2O6S.